The van der Waals surface area contributed by atoms with Crippen molar-refractivity contribution in [2.45, 2.75) is 39.2 Å². The van der Waals surface area contributed by atoms with Crippen LogP contribution in [0.2, 0.25) is 0 Å². The Morgan fingerprint density at radius 1 is 1.16 bits per heavy atom. The molecule has 0 saturated carbocycles. The summed E-state index contributed by atoms with van der Waals surface area (Å²) in [5.74, 6) is 0.928. The van der Waals surface area contributed by atoms with Gasteiger partial charge in [-0.2, -0.15) is 0 Å². The van der Waals surface area contributed by atoms with E-state index >= 15 is 0 Å². The second-order valence-electron chi connectivity index (χ2n) is 5.14. The largest absolute Gasteiger partial charge is 0.494 e. The number of likely N-dealkylation sites (N-methyl/N-ethyl adjacent to an activating group) is 1. The van der Waals surface area contributed by atoms with E-state index in [-0.39, 0.29) is 6.04 Å². The molecule has 0 aliphatic rings. The van der Waals surface area contributed by atoms with Gasteiger partial charge >= 0.3 is 0 Å². The molecule has 1 unspecified atom stereocenters. The Labute approximate surface area is 117 Å². The van der Waals surface area contributed by atoms with Crippen molar-refractivity contribution < 1.29 is 4.74 Å². The topological polar surface area (TPSA) is 38.5 Å². The van der Waals surface area contributed by atoms with Gasteiger partial charge in [-0.3, -0.25) is 0 Å². The summed E-state index contributed by atoms with van der Waals surface area (Å²) in [5.41, 5.74) is 7.41. The highest BCUT2D eigenvalue weighted by Gasteiger charge is 2.09. The first kappa shape index (κ1) is 16.0. The smallest absolute Gasteiger partial charge is 0.119 e. The van der Waals surface area contributed by atoms with Gasteiger partial charge in [-0.25, -0.2) is 0 Å². The van der Waals surface area contributed by atoms with Gasteiger partial charge in [0.05, 0.1) is 6.61 Å². The Balaban J connectivity index is 2.45. The van der Waals surface area contributed by atoms with E-state index in [1.807, 2.05) is 12.1 Å². The molecule has 0 spiro atoms. The zero-order valence-electron chi connectivity index (χ0n) is 12.6. The number of hydrogen-bond acceptors (Lipinski definition) is 3. The summed E-state index contributed by atoms with van der Waals surface area (Å²) in [4.78, 5) is 2.30. The lowest BCUT2D eigenvalue weighted by Gasteiger charge is -2.21. The molecular weight excluding hydrogens is 236 g/mol. The van der Waals surface area contributed by atoms with E-state index in [4.69, 9.17) is 10.5 Å². The van der Waals surface area contributed by atoms with Gasteiger partial charge in [0.25, 0.3) is 0 Å². The van der Waals surface area contributed by atoms with Crippen LogP contribution in [-0.4, -0.2) is 31.6 Å². The van der Waals surface area contributed by atoms with Crippen LogP contribution in [0.4, 0.5) is 0 Å². The number of benzene rings is 1. The minimum absolute atomic E-state index is 0.0714. The third kappa shape index (κ3) is 6.08. The molecule has 0 amide bonds. The first-order valence-corrected chi connectivity index (χ1v) is 7.34. The normalized spacial score (nSPS) is 12.7. The SMILES string of the molecule is CCCCN(C)CC(N)c1ccc(OCCC)cc1. The summed E-state index contributed by atoms with van der Waals surface area (Å²) in [7, 11) is 2.13. The highest BCUT2D eigenvalue weighted by atomic mass is 16.5. The summed E-state index contributed by atoms with van der Waals surface area (Å²) < 4.78 is 5.57. The Hall–Kier alpha value is -1.06. The molecule has 3 nitrogen and oxygen atoms in total. The van der Waals surface area contributed by atoms with Crippen LogP contribution < -0.4 is 10.5 Å². The number of hydrogen-bond donors (Lipinski definition) is 1. The van der Waals surface area contributed by atoms with Gasteiger partial charge in [-0.05, 0) is 44.1 Å². The molecule has 0 aliphatic heterocycles. The predicted octanol–water partition coefficient (Wildman–Crippen LogP) is 3.21. The van der Waals surface area contributed by atoms with Crippen LogP contribution in [0.1, 0.15) is 44.7 Å². The van der Waals surface area contributed by atoms with Crippen LogP contribution in [0.3, 0.4) is 0 Å². The molecule has 1 aromatic rings. The lowest BCUT2D eigenvalue weighted by atomic mass is 10.1. The molecule has 1 rings (SSSR count). The average molecular weight is 264 g/mol. The zero-order chi connectivity index (χ0) is 14.1. The quantitative estimate of drug-likeness (QED) is 0.744. The molecule has 0 saturated heterocycles. The molecule has 1 aromatic carbocycles. The maximum atomic E-state index is 6.24. The van der Waals surface area contributed by atoms with Crippen molar-refractivity contribution in [2.75, 3.05) is 26.7 Å². The van der Waals surface area contributed by atoms with E-state index in [0.717, 1.165) is 31.9 Å². The number of nitrogens with two attached hydrogens (primary N) is 1. The second kappa shape index (κ2) is 8.94. The molecular formula is C16H28N2O. The van der Waals surface area contributed by atoms with Gasteiger partial charge < -0.3 is 15.4 Å². The van der Waals surface area contributed by atoms with Crippen molar-refractivity contribution >= 4 is 0 Å². The van der Waals surface area contributed by atoms with Crippen LogP contribution in [0.25, 0.3) is 0 Å². The minimum atomic E-state index is 0.0714. The summed E-state index contributed by atoms with van der Waals surface area (Å²) >= 11 is 0. The highest BCUT2D eigenvalue weighted by Crippen LogP contribution is 2.17. The molecule has 0 aliphatic carbocycles. The van der Waals surface area contributed by atoms with Crippen LogP contribution in [0.5, 0.6) is 5.75 Å². The van der Waals surface area contributed by atoms with E-state index in [2.05, 4.69) is 37.9 Å². The fourth-order valence-electron chi connectivity index (χ4n) is 1.99. The molecule has 0 heterocycles. The lowest BCUT2D eigenvalue weighted by molar-refractivity contribution is 0.306. The first-order valence-electron chi connectivity index (χ1n) is 7.34. The number of unbranched alkanes of at least 4 members (excludes halogenated alkanes) is 1. The fraction of sp³-hybridized carbons (Fsp3) is 0.625. The first-order chi connectivity index (χ1) is 9.17. The van der Waals surface area contributed by atoms with Crippen molar-refractivity contribution in [2.24, 2.45) is 5.73 Å². The number of ether oxygens (including phenoxy) is 1. The van der Waals surface area contributed by atoms with Crippen LogP contribution in [-0.2, 0) is 0 Å². The van der Waals surface area contributed by atoms with Crippen LogP contribution in [0.15, 0.2) is 24.3 Å². The summed E-state index contributed by atoms with van der Waals surface area (Å²) in [6.45, 7) is 7.10. The molecule has 108 valence electrons. The molecule has 0 radical (unpaired) electrons. The van der Waals surface area contributed by atoms with E-state index in [1.54, 1.807) is 0 Å². The molecule has 0 fully saturated rings. The Kier molecular flexibility index (Phi) is 7.53. The van der Waals surface area contributed by atoms with Crippen molar-refractivity contribution in [3.63, 3.8) is 0 Å². The molecule has 1 atom stereocenters. The van der Waals surface area contributed by atoms with Crippen molar-refractivity contribution in [1.82, 2.24) is 4.90 Å². The molecule has 19 heavy (non-hydrogen) atoms. The van der Waals surface area contributed by atoms with Gasteiger partial charge in [-0.1, -0.05) is 32.4 Å². The fourth-order valence-corrected chi connectivity index (χ4v) is 1.99. The molecule has 0 aromatic heterocycles. The van der Waals surface area contributed by atoms with E-state index in [1.165, 1.54) is 18.4 Å². The Morgan fingerprint density at radius 3 is 2.42 bits per heavy atom. The van der Waals surface area contributed by atoms with Crippen LogP contribution in [0, 0.1) is 0 Å². The van der Waals surface area contributed by atoms with E-state index in [0.29, 0.717) is 0 Å². The Morgan fingerprint density at radius 2 is 1.84 bits per heavy atom. The van der Waals surface area contributed by atoms with Crippen molar-refractivity contribution in [3.05, 3.63) is 29.8 Å². The summed E-state index contributed by atoms with van der Waals surface area (Å²) in [6.07, 6.45) is 3.49. The van der Waals surface area contributed by atoms with Crippen molar-refractivity contribution in [1.29, 1.82) is 0 Å². The van der Waals surface area contributed by atoms with Crippen LogP contribution >= 0.6 is 0 Å². The highest BCUT2D eigenvalue weighted by molar-refractivity contribution is 5.29. The zero-order valence-corrected chi connectivity index (χ0v) is 12.6. The maximum Gasteiger partial charge on any atom is 0.119 e. The lowest BCUT2D eigenvalue weighted by Crippen LogP contribution is -2.29. The third-order valence-electron chi connectivity index (χ3n) is 3.18. The molecule has 0 bridgehead atoms. The van der Waals surface area contributed by atoms with Gasteiger partial charge in [0, 0.05) is 12.6 Å². The van der Waals surface area contributed by atoms with E-state index < -0.39 is 0 Å². The number of nitrogens with zero attached hydrogens (tertiary/aromatic N) is 1. The Bertz CT molecular complexity index is 337. The van der Waals surface area contributed by atoms with E-state index in [9.17, 15) is 0 Å². The monoisotopic (exact) mass is 264 g/mol. The molecule has 3 heteroatoms. The summed E-state index contributed by atoms with van der Waals surface area (Å²) in [6, 6.07) is 8.24. The third-order valence-corrected chi connectivity index (χ3v) is 3.18. The van der Waals surface area contributed by atoms with Crippen molar-refractivity contribution in [3.8, 4) is 5.75 Å². The molecule has 2 N–H and O–H groups in total. The maximum absolute atomic E-state index is 6.24. The minimum Gasteiger partial charge on any atom is -0.494 e. The van der Waals surface area contributed by atoms with Gasteiger partial charge in [-0.15, -0.1) is 0 Å². The van der Waals surface area contributed by atoms with Gasteiger partial charge in [0.1, 0.15) is 5.75 Å². The second-order valence-corrected chi connectivity index (χ2v) is 5.14. The summed E-state index contributed by atoms with van der Waals surface area (Å²) in [5, 5.41) is 0. The van der Waals surface area contributed by atoms with Gasteiger partial charge in [0.15, 0.2) is 0 Å². The predicted molar refractivity (Wildman–Crippen MR) is 81.6 cm³/mol. The number of rotatable bonds is 9. The standard InChI is InChI=1S/C16H28N2O/c1-4-6-11-18(3)13-16(17)14-7-9-15(10-8-14)19-12-5-2/h7-10,16H,4-6,11-13,17H2,1-3H3. The van der Waals surface area contributed by atoms with Gasteiger partial charge in [0.2, 0.25) is 0 Å². The average Bonchev–Trinajstić information content (AvgIpc) is 2.43.